The molecule has 6 nitrogen and oxygen atoms in total. The highest BCUT2D eigenvalue weighted by molar-refractivity contribution is 5.98. The molecule has 0 fully saturated rings. The van der Waals surface area contributed by atoms with Crippen LogP contribution in [-0.4, -0.2) is 73.8 Å². The number of benzene rings is 2. The maximum Gasteiger partial charge on any atom is 0.416 e. The Balaban J connectivity index is 1.83. The summed E-state index contributed by atoms with van der Waals surface area (Å²) in [7, 11) is 5.68. The van der Waals surface area contributed by atoms with Crippen molar-refractivity contribution < 1.29 is 27.8 Å². The first-order valence-corrected chi connectivity index (χ1v) is 11.6. The molecule has 1 heterocycles. The number of ether oxygens (including phenoxy) is 1. The number of anilines is 1. The number of alkyl halides is 3. The third-order valence-electron chi connectivity index (χ3n) is 6.39. The molecule has 0 radical (unpaired) electrons. The SMILES string of the molecule is C[C@@H]1CN([C@H](C)CO)C(=O)c2cc(N(C)C)ccc2O[C@@H]1CN(C)Cc1ccc(C(F)(F)F)cc1. The highest BCUT2D eigenvalue weighted by Gasteiger charge is 2.34. The second-order valence-electron chi connectivity index (χ2n) is 9.59. The number of rotatable bonds is 7. The predicted molar refractivity (Wildman–Crippen MR) is 130 cm³/mol. The van der Waals surface area contributed by atoms with Crippen molar-refractivity contribution in [1.29, 1.82) is 0 Å². The Bertz CT molecular complexity index is 1010. The molecule has 3 atom stereocenters. The Morgan fingerprint density at radius 1 is 1.14 bits per heavy atom. The summed E-state index contributed by atoms with van der Waals surface area (Å²) in [6, 6.07) is 10.3. The Morgan fingerprint density at radius 3 is 2.37 bits per heavy atom. The zero-order valence-corrected chi connectivity index (χ0v) is 20.8. The number of carbonyl (C=O) groups excluding carboxylic acids is 1. The van der Waals surface area contributed by atoms with E-state index in [0.717, 1.165) is 23.4 Å². The van der Waals surface area contributed by atoms with Gasteiger partial charge in [0.05, 0.1) is 23.8 Å². The van der Waals surface area contributed by atoms with Gasteiger partial charge in [-0.25, -0.2) is 0 Å². The van der Waals surface area contributed by atoms with Crippen LogP contribution >= 0.6 is 0 Å². The van der Waals surface area contributed by atoms with Gasteiger partial charge in [0.25, 0.3) is 5.91 Å². The van der Waals surface area contributed by atoms with Crippen LogP contribution in [0.5, 0.6) is 5.75 Å². The van der Waals surface area contributed by atoms with Gasteiger partial charge in [0.2, 0.25) is 0 Å². The summed E-state index contributed by atoms with van der Waals surface area (Å²) in [4.78, 5) is 19.0. The summed E-state index contributed by atoms with van der Waals surface area (Å²) < 4.78 is 45.0. The zero-order chi connectivity index (χ0) is 25.9. The van der Waals surface area contributed by atoms with Crippen LogP contribution in [0.4, 0.5) is 18.9 Å². The maximum atomic E-state index is 13.4. The number of hydrogen-bond donors (Lipinski definition) is 1. The number of hydrogen-bond acceptors (Lipinski definition) is 5. The minimum Gasteiger partial charge on any atom is -0.488 e. The van der Waals surface area contributed by atoms with Crippen molar-refractivity contribution >= 4 is 11.6 Å². The summed E-state index contributed by atoms with van der Waals surface area (Å²) in [6.07, 6.45) is -4.64. The van der Waals surface area contributed by atoms with Gasteiger partial charge in [0, 0.05) is 45.3 Å². The summed E-state index contributed by atoms with van der Waals surface area (Å²) in [6.45, 7) is 5.03. The average Bonchev–Trinajstić information content (AvgIpc) is 2.80. The van der Waals surface area contributed by atoms with Crippen LogP contribution in [0.15, 0.2) is 42.5 Å². The van der Waals surface area contributed by atoms with Crippen LogP contribution in [0, 0.1) is 5.92 Å². The fraction of sp³-hybridized carbons (Fsp3) is 0.500. The van der Waals surface area contributed by atoms with E-state index in [4.69, 9.17) is 4.74 Å². The van der Waals surface area contributed by atoms with E-state index in [1.165, 1.54) is 12.1 Å². The van der Waals surface area contributed by atoms with Crippen molar-refractivity contribution in [2.75, 3.05) is 45.7 Å². The highest BCUT2D eigenvalue weighted by Crippen LogP contribution is 2.32. The first-order chi connectivity index (χ1) is 16.4. The van der Waals surface area contributed by atoms with Crippen molar-refractivity contribution in [1.82, 2.24) is 9.80 Å². The molecular weight excluding hydrogens is 459 g/mol. The second-order valence-corrected chi connectivity index (χ2v) is 9.59. The lowest BCUT2D eigenvalue weighted by atomic mass is 9.99. The molecule has 0 aliphatic carbocycles. The first kappa shape index (κ1) is 26.8. The third-order valence-corrected chi connectivity index (χ3v) is 6.39. The molecule has 1 amide bonds. The van der Waals surface area contributed by atoms with Gasteiger partial charge in [-0.05, 0) is 49.9 Å². The molecule has 0 spiro atoms. The molecule has 0 bridgehead atoms. The van der Waals surface area contributed by atoms with Gasteiger partial charge in [0.1, 0.15) is 11.9 Å². The molecule has 0 aromatic heterocycles. The van der Waals surface area contributed by atoms with Gasteiger partial charge >= 0.3 is 6.18 Å². The average molecular weight is 494 g/mol. The number of aliphatic hydroxyl groups excluding tert-OH is 1. The summed E-state index contributed by atoms with van der Waals surface area (Å²) >= 11 is 0. The van der Waals surface area contributed by atoms with E-state index in [0.29, 0.717) is 30.9 Å². The number of fused-ring (bicyclic) bond motifs is 1. The fourth-order valence-electron chi connectivity index (χ4n) is 4.19. The lowest BCUT2D eigenvalue weighted by Gasteiger charge is -2.38. The van der Waals surface area contributed by atoms with Gasteiger partial charge in [-0.2, -0.15) is 13.2 Å². The van der Waals surface area contributed by atoms with E-state index in [1.807, 2.05) is 50.9 Å². The molecule has 35 heavy (non-hydrogen) atoms. The van der Waals surface area contributed by atoms with Crippen LogP contribution < -0.4 is 9.64 Å². The second kappa shape index (κ2) is 10.9. The number of carbonyl (C=O) groups is 1. The molecule has 3 rings (SSSR count). The first-order valence-electron chi connectivity index (χ1n) is 11.6. The van der Waals surface area contributed by atoms with Gasteiger partial charge < -0.3 is 19.6 Å². The van der Waals surface area contributed by atoms with Crippen LogP contribution in [0.25, 0.3) is 0 Å². The van der Waals surface area contributed by atoms with Gasteiger partial charge in [-0.15, -0.1) is 0 Å². The molecule has 2 aromatic rings. The summed E-state index contributed by atoms with van der Waals surface area (Å²) in [5.41, 5.74) is 1.40. The van der Waals surface area contributed by atoms with Crippen LogP contribution in [-0.2, 0) is 12.7 Å². The van der Waals surface area contributed by atoms with Crippen molar-refractivity contribution in [3.05, 3.63) is 59.2 Å². The molecule has 0 saturated carbocycles. The Hall–Kier alpha value is -2.78. The maximum absolute atomic E-state index is 13.4. The molecule has 1 aliphatic heterocycles. The van der Waals surface area contributed by atoms with Gasteiger partial charge in [0.15, 0.2) is 0 Å². The predicted octanol–water partition coefficient (Wildman–Crippen LogP) is 4.12. The molecular formula is C26H34F3N3O3. The topological polar surface area (TPSA) is 56.3 Å². The molecule has 1 aliphatic rings. The van der Waals surface area contributed by atoms with E-state index >= 15 is 0 Å². The normalized spacial score (nSPS) is 19.6. The monoisotopic (exact) mass is 493 g/mol. The van der Waals surface area contributed by atoms with E-state index < -0.39 is 11.7 Å². The van der Waals surface area contributed by atoms with E-state index in [1.54, 1.807) is 17.0 Å². The number of likely N-dealkylation sites (N-methyl/N-ethyl adjacent to an activating group) is 1. The molecule has 1 N–H and O–H groups in total. The van der Waals surface area contributed by atoms with Crippen LogP contribution in [0.3, 0.4) is 0 Å². The Morgan fingerprint density at radius 2 is 1.80 bits per heavy atom. The molecule has 0 unspecified atom stereocenters. The summed E-state index contributed by atoms with van der Waals surface area (Å²) in [5.74, 6) is 0.244. The summed E-state index contributed by atoms with van der Waals surface area (Å²) in [5, 5.41) is 9.78. The van der Waals surface area contributed by atoms with Crippen molar-refractivity contribution in [2.45, 2.75) is 38.7 Å². The number of nitrogens with zero attached hydrogens (tertiary/aromatic N) is 3. The minimum absolute atomic E-state index is 0.0512. The van der Waals surface area contributed by atoms with E-state index in [9.17, 15) is 23.1 Å². The molecule has 2 aromatic carbocycles. The number of aliphatic hydroxyl groups is 1. The van der Waals surface area contributed by atoms with E-state index in [-0.39, 0.29) is 30.6 Å². The lowest BCUT2D eigenvalue weighted by molar-refractivity contribution is -0.137. The van der Waals surface area contributed by atoms with Crippen molar-refractivity contribution in [3.63, 3.8) is 0 Å². The van der Waals surface area contributed by atoms with E-state index in [2.05, 4.69) is 0 Å². The lowest BCUT2D eigenvalue weighted by Crippen LogP contribution is -2.49. The Labute approximate surface area is 204 Å². The number of halogens is 3. The Kier molecular flexibility index (Phi) is 8.33. The zero-order valence-electron chi connectivity index (χ0n) is 20.8. The van der Waals surface area contributed by atoms with Gasteiger partial charge in [-0.1, -0.05) is 19.1 Å². The highest BCUT2D eigenvalue weighted by atomic mass is 19.4. The fourth-order valence-corrected chi connectivity index (χ4v) is 4.19. The van der Waals surface area contributed by atoms with Crippen LogP contribution in [0.2, 0.25) is 0 Å². The largest absolute Gasteiger partial charge is 0.488 e. The smallest absolute Gasteiger partial charge is 0.416 e. The van der Waals surface area contributed by atoms with Crippen molar-refractivity contribution in [2.24, 2.45) is 5.92 Å². The standard InChI is InChI=1S/C26H34F3N3O3/c1-17-13-32(18(2)16-33)25(34)22-12-21(30(3)4)10-11-23(22)35-24(17)15-31(5)14-19-6-8-20(9-7-19)26(27,28)29/h6-12,17-18,24,33H,13-16H2,1-5H3/t17-,18-,24-/m1/s1. The quantitative estimate of drug-likeness (QED) is 0.629. The minimum atomic E-state index is -4.36. The van der Waals surface area contributed by atoms with Crippen LogP contribution in [0.1, 0.15) is 35.3 Å². The van der Waals surface area contributed by atoms with Crippen molar-refractivity contribution in [3.8, 4) is 5.75 Å². The molecule has 192 valence electrons. The van der Waals surface area contributed by atoms with Gasteiger partial charge in [-0.3, -0.25) is 9.69 Å². The third kappa shape index (κ3) is 6.46. The number of amides is 1. The molecule has 0 saturated heterocycles. The molecule has 9 heteroatoms.